The summed E-state index contributed by atoms with van der Waals surface area (Å²) >= 11 is 0. The van der Waals surface area contributed by atoms with Gasteiger partial charge in [0.1, 0.15) is 12.2 Å². The minimum absolute atomic E-state index is 0.0513. The molecule has 8 heteroatoms. The van der Waals surface area contributed by atoms with Crippen LogP contribution in [0.3, 0.4) is 0 Å². The van der Waals surface area contributed by atoms with Crippen molar-refractivity contribution in [2.45, 2.75) is 150 Å². The predicted octanol–water partition coefficient (Wildman–Crippen LogP) is 6.48. The zero-order valence-electron chi connectivity index (χ0n) is 29.4. The highest BCUT2D eigenvalue weighted by Gasteiger charge is 2.72. The first kappa shape index (κ1) is 33.9. The van der Waals surface area contributed by atoms with E-state index in [-0.39, 0.29) is 59.2 Å². The lowest BCUT2D eigenvalue weighted by Gasteiger charge is -2.67. The van der Waals surface area contributed by atoms with Crippen LogP contribution in [0.5, 0.6) is 0 Å². The van der Waals surface area contributed by atoms with Crippen LogP contribution in [-0.4, -0.2) is 59.1 Å². The summed E-state index contributed by atoms with van der Waals surface area (Å²) in [5, 5.41) is 12.3. The van der Waals surface area contributed by atoms with Crippen molar-refractivity contribution in [3.8, 4) is 0 Å². The molecule has 0 unspecified atom stereocenters. The van der Waals surface area contributed by atoms with Gasteiger partial charge in [0, 0.05) is 36.0 Å². The SMILES string of the molecule is CCCCCC(=O)O[C@@H]1C[C@]2(C)C(=CC[C@H]2[C@@H]2C[C@@H]([C@@H]3OC3(C)C)O[C@@H]2OC(C)=O)[C@]2(C)[C@H](O)C[C@H]3C(C)(C)C(=O)C=C[C@]3(C)[C@@H]12. The molecule has 0 amide bonds. The van der Waals surface area contributed by atoms with Gasteiger partial charge in [0.25, 0.3) is 0 Å². The van der Waals surface area contributed by atoms with Gasteiger partial charge in [-0.05, 0) is 74.7 Å². The molecule has 12 atom stereocenters. The average molecular weight is 641 g/mol. The second-order valence-corrected chi connectivity index (χ2v) is 17.1. The van der Waals surface area contributed by atoms with Crippen molar-refractivity contribution in [1.82, 2.24) is 0 Å². The molecule has 0 spiro atoms. The molecule has 2 saturated carbocycles. The molecule has 6 rings (SSSR count). The van der Waals surface area contributed by atoms with Crippen LogP contribution >= 0.6 is 0 Å². The van der Waals surface area contributed by atoms with Gasteiger partial charge in [-0.1, -0.05) is 72.1 Å². The van der Waals surface area contributed by atoms with Gasteiger partial charge >= 0.3 is 11.9 Å². The Balaban J connectivity index is 1.40. The van der Waals surface area contributed by atoms with Crippen LogP contribution in [0.2, 0.25) is 0 Å². The number of aliphatic hydroxyl groups is 1. The largest absolute Gasteiger partial charge is 0.462 e. The van der Waals surface area contributed by atoms with E-state index in [0.29, 0.717) is 25.7 Å². The van der Waals surface area contributed by atoms with Gasteiger partial charge in [-0.15, -0.1) is 0 Å². The van der Waals surface area contributed by atoms with Gasteiger partial charge in [-0.25, -0.2) is 0 Å². The molecule has 4 aliphatic carbocycles. The van der Waals surface area contributed by atoms with Crippen molar-refractivity contribution >= 4 is 17.7 Å². The molecule has 0 aromatic rings. The zero-order chi connectivity index (χ0) is 33.6. The Bertz CT molecular complexity index is 1330. The Kier molecular flexibility index (Phi) is 8.29. The van der Waals surface area contributed by atoms with E-state index in [1.807, 2.05) is 13.8 Å². The standard InChI is InChI=1S/C38H56O8/c1-10-11-12-13-30(42)44-25-20-37(8)23(22-18-24(32-35(5,6)46-32)45-33(22)43-21(2)39)14-15-26(37)38(9)29(41)19-27-34(3,4)28(40)16-17-36(27,7)31(25)38/h15-17,22-25,27,29,31-33,41H,10-14,18-20H2,1-9H3/t22-,23-,24-,25+,27-,29+,31+,32-,33-,36-,37-,38+/m0/s1. The van der Waals surface area contributed by atoms with Gasteiger partial charge in [0.05, 0.1) is 17.8 Å². The van der Waals surface area contributed by atoms with Crippen LogP contribution in [0.1, 0.15) is 114 Å². The van der Waals surface area contributed by atoms with E-state index < -0.39 is 40.2 Å². The zero-order valence-corrected chi connectivity index (χ0v) is 29.4. The monoisotopic (exact) mass is 640 g/mol. The second kappa shape index (κ2) is 11.3. The van der Waals surface area contributed by atoms with E-state index in [9.17, 15) is 19.5 Å². The van der Waals surface area contributed by atoms with E-state index in [2.05, 4.69) is 53.7 Å². The van der Waals surface area contributed by atoms with Gasteiger partial charge in [0.2, 0.25) is 6.29 Å². The normalized spacial score (nSPS) is 46.5. The molecular formula is C38H56O8. The van der Waals surface area contributed by atoms with E-state index in [0.717, 1.165) is 25.7 Å². The third-order valence-electron chi connectivity index (χ3n) is 13.5. The number of unbranched alkanes of at least 4 members (excludes halogenated alkanes) is 2. The average Bonchev–Trinajstić information content (AvgIpc) is 3.22. The Morgan fingerprint density at radius 2 is 1.74 bits per heavy atom. The maximum atomic E-state index is 13.5. The van der Waals surface area contributed by atoms with Crippen LogP contribution in [0.15, 0.2) is 23.8 Å². The number of allylic oxidation sites excluding steroid dienone is 3. The van der Waals surface area contributed by atoms with Crippen LogP contribution < -0.4 is 0 Å². The van der Waals surface area contributed by atoms with E-state index >= 15 is 0 Å². The molecule has 2 heterocycles. The van der Waals surface area contributed by atoms with E-state index in [1.165, 1.54) is 12.5 Å². The number of carbonyl (C=O) groups excluding carboxylic acids is 3. The van der Waals surface area contributed by atoms with Crippen molar-refractivity contribution in [2.24, 2.45) is 45.3 Å². The van der Waals surface area contributed by atoms with Crippen LogP contribution in [0.4, 0.5) is 0 Å². The van der Waals surface area contributed by atoms with Gasteiger partial charge in [-0.3, -0.25) is 14.4 Å². The lowest BCUT2D eigenvalue weighted by molar-refractivity contribution is -0.213. The lowest BCUT2D eigenvalue weighted by atomic mass is 9.37. The molecule has 6 aliphatic rings. The lowest BCUT2D eigenvalue weighted by Crippen LogP contribution is -2.68. The number of hydrogen-bond acceptors (Lipinski definition) is 8. The summed E-state index contributed by atoms with van der Waals surface area (Å²) in [5.74, 6) is -0.845. The maximum Gasteiger partial charge on any atom is 0.306 e. The van der Waals surface area contributed by atoms with Gasteiger partial charge in [-0.2, -0.15) is 0 Å². The fourth-order valence-corrected chi connectivity index (χ4v) is 11.3. The number of fused-ring (bicyclic) bond motifs is 5. The number of rotatable bonds is 8. The quantitative estimate of drug-likeness (QED) is 0.139. The van der Waals surface area contributed by atoms with Crippen molar-refractivity contribution in [3.63, 3.8) is 0 Å². The first-order valence-electron chi connectivity index (χ1n) is 17.7. The number of aliphatic hydroxyl groups excluding tert-OH is 1. The molecule has 4 fully saturated rings. The number of carbonyl (C=O) groups is 3. The molecule has 0 aromatic heterocycles. The van der Waals surface area contributed by atoms with Gasteiger partial charge < -0.3 is 24.1 Å². The van der Waals surface area contributed by atoms with Crippen LogP contribution in [-0.2, 0) is 33.3 Å². The summed E-state index contributed by atoms with van der Waals surface area (Å²) in [6.45, 7) is 18.3. The third-order valence-corrected chi connectivity index (χ3v) is 13.5. The number of esters is 2. The Labute approximate surface area is 275 Å². The minimum atomic E-state index is -0.724. The topological polar surface area (TPSA) is 112 Å². The molecule has 2 aliphatic heterocycles. The van der Waals surface area contributed by atoms with Gasteiger partial charge in [0.15, 0.2) is 5.78 Å². The Morgan fingerprint density at radius 1 is 1.04 bits per heavy atom. The third kappa shape index (κ3) is 5.06. The molecule has 0 radical (unpaired) electrons. The van der Waals surface area contributed by atoms with Crippen LogP contribution in [0, 0.1) is 45.3 Å². The first-order valence-corrected chi connectivity index (χ1v) is 17.7. The maximum absolute atomic E-state index is 13.5. The smallest absolute Gasteiger partial charge is 0.306 e. The molecule has 1 N–H and O–H groups in total. The summed E-state index contributed by atoms with van der Waals surface area (Å²) in [7, 11) is 0. The molecule has 8 nitrogen and oxygen atoms in total. The van der Waals surface area contributed by atoms with Crippen LogP contribution in [0.25, 0.3) is 0 Å². The molecular weight excluding hydrogens is 584 g/mol. The summed E-state index contributed by atoms with van der Waals surface area (Å²) < 4.78 is 24.8. The number of ketones is 1. The molecule has 2 saturated heterocycles. The fourth-order valence-electron chi connectivity index (χ4n) is 11.3. The fraction of sp³-hybridized carbons (Fsp3) is 0.816. The Hall–Kier alpha value is -2.03. The molecule has 0 aromatic carbocycles. The Morgan fingerprint density at radius 3 is 2.37 bits per heavy atom. The highest BCUT2D eigenvalue weighted by molar-refractivity contribution is 5.95. The highest BCUT2D eigenvalue weighted by atomic mass is 16.7. The van der Waals surface area contributed by atoms with E-state index in [1.54, 1.807) is 6.08 Å². The minimum Gasteiger partial charge on any atom is -0.462 e. The van der Waals surface area contributed by atoms with Crippen molar-refractivity contribution in [3.05, 3.63) is 23.8 Å². The highest BCUT2D eigenvalue weighted by Crippen LogP contribution is 2.73. The number of epoxide rings is 1. The number of hydrogen-bond donors (Lipinski definition) is 1. The van der Waals surface area contributed by atoms with E-state index in [4.69, 9.17) is 18.9 Å². The molecule has 0 bridgehead atoms. The molecule has 46 heavy (non-hydrogen) atoms. The summed E-state index contributed by atoms with van der Waals surface area (Å²) in [5.41, 5.74) is -1.32. The second-order valence-electron chi connectivity index (χ2n) is 17.1. The summed E-state index contributed by atoms with van der Waals surface area (Å²) in [6, 6.07) is 0. The summed E-state index contributed by atoms with van der Waals surface area (Å²) in [4.78, 5) is 39.0. The van der Waals surface area contributed by atoms with Crippen molar-refractivity contribution in [1.29, 1.82) is 0 Å². The predicted molar refractivity (Wildman–Crippen MR) is 172 cm³/mol. The molecule has 256 valence electrons. The van der Waals surface area contributed by atoms with Crippen molar-refractivity contribution in [2.75, 3.05) is 0 Å². The van der Waals surface area contributed by atoms with Crippen molar-refractivity contribution < 1.29 is 38.4 Å². The summed E-state index contributed by atoms with van der Waals surface area (Å²) in [6.07, 6.45) is 9.68. The first-order chi connectivity index (χ1) is 21.4. The number of ether oxygens (including phenoxy) is 4.